The van der Waals surface area contributed by atoms with Crippen LogP contribution in [0.3, 0.4) is 0 Å². The standard InChI is InChI=1S/C18H22ClN/c1-2-12-20-14-16(13-15-8-4-3-5-9-15)17-10-6-7-11-18(17)19/h3-11,16,20H,2,12-14H2,1H3. The molecule has 0 aliphatic carbocycles. The van der Waals surface area contributed by atoms with Gasteiger partial charge < -0.3 is 5.32 Å². The highest BCUT2D eigenvalue weighted by atomic mass is 35.5. The van der Waals surface area contributed by atoms with Crippen LogP contribution < -0.4 is 5.32 Å². The Balaban J connectivity index is 2.14. The summed E-state index contributed by atoms with van der Waals surface area (Å²) in [6, 6.07) is 18.8. The van der Waals surface area contributed by atoms with E-state index in [1.54, 1.807) is 0 Å². The lowest BCUT2D eigenvalue weighted by atomic mass is 9.92. The second kappa shape index (κ2) is 8.08. The van der Waals surface area contributed by atoms with Crippen LogP contribution in [-0.2, 0) is 6.42 Å². The average molecular weight is 288 g/mol. The lowest BCUT2D eigenvalue weighted by Gasteiger charge is -2.19. The summed E-state index contributed by atoms with van der Waals surface area (Å²) in [6.07, 6.45) is 2.17. The van der Waals surface area contributed by atoms with Crippen LogP contribution in [0.5, 0.6) is 0 Å². The maximum atomic E-state index is 6.37. The zero-order valence-electron chi connectivity index (χ0n) is 12.0. The summed E-state index contributed by atoms with van der Waals surface area (Å²) < 4.78 is 0. The fourth-order valence-corrected chi connectivity index (χ4v) is 2.74. The minimum atomic E-state index is 0.414. The largest absolute Gasteiger partial charge is 0.316 e. The van der Waals surface area contributed by atoms with Gasteiger partial charge in [0.25, 0.3) is 0 Å². The molecule has 1 unspecified atom stereocenters. The third-order valence-electron chi connectivity index (χ3n) is 3.49. The Kier molecular flexibility index (Phi) is 6.10. The van der Waals surface area contributed by atoms with Crippen LogP contribution in [0.2, 0.25) is 5.02 Å². The van der Waals surface area contributed by atoms with Gasteiger partial charge in [0.15, 0.2) is 0 Å². The van der Waals surface area contributed by atoms with Crippen molar-refractivity contribution in [1.82, 2.24) is 5.32 Å². The van der Waals surface area contributed by atoms with Crippen LogP contribution in [0, 0.1) is 0 Å². The molecule has 0 saturated carbocycles. The van der Waals surface area contributed by atoms with Crippen molar-refractivity contribution in [1.29, 1.82) is 0 Å². The van der Waals surface area contributed by atoms with E-state index in [-0.39, 0.29) is 0 Å². The number of rotatable bonds is 7. The Morgan fingerprint density at radius 1 is 1.00 bits per heavy atom. The molecule has 0 fully saturated rings. The molecule has 0 aliphatic rings. The summed E-state index contributed by atoms with van der Waals surface area (Å²) in [5.74, 6) is 0.414. The molecule has 0 aliphatic heterocycles. The van der Waals surface area contributed by atoms with E-state index in [0.717, 1.165) is 31.0 Å². The van der Waals surface area contributed by atoms with E-state index in [0.29, 0.717) is 5.92 Å². The second-order valence-corrected chi connectivity index (χ2v) is 5.52. The van der Waals surface area contributed by atoms with E-state index >= 15 is 0 Å². The van der Waals surface area contributed by atoms with Crippen molar-refractivity contribution >= 4 is 11.6 Å². The highest BCUT2D eigenvalue weighted by Gasteiger charge is 2.14. The molecular formula is C18H22ClN. The van der Waals surface area contributed by atoms with Crippen LogP contribution in [-0.4, -0.2) is 13.1 Å². The van der Waals surface area contributed by atoms with Crippen LogP contribution >= 0.6 is 11.6 Å². The van der Waals surface area contributed by atoms with Gasteiger partial charge in [0.05, 0.1) is 0 Å². The predicted octanol–water partition coefficient (Wildman–Crippen LogP) is 4.67. The number of halogens is 1. The lowest BCUT2D eigenvalue weighted by molar-refractivity contribution is 0.577. The Hall–Kier alpha value is -1.31. The fraction of sp³-hybridized carbons (Fsp3) is 0.333. The molecule has 1 N–H and O–H groups in total. The van der Waals surface area contributed by atoms with Crippen molar-refractivity contribution in [2.45, 2.75) is 25.7 Å². The summed E-state index contributed by atoms with van der Waals surface area (Å²) in [5.41, 5.74) is 2.59. The average Bonchev–Trinajstić information content (AvgIpc) is 2.48. The van der Waals surface area contributed by atoms with E-state index < -0.39 is 0 Å². The highest BCUT2D eigenvalue weighted by Crippen LogP contribution is 2.27. The smallest absolute Gasteiger partial charge is 0.0441 e. The molecule has 20 heavy (non-hydrogen) atoms. The van der Waals surface area contributed by atoms with Gasteiger partial charge in [0, 0.05) is 17.5 Å². The minimum Gasteiger partial charge on any atom is -0.316 e. The van der Waals surface area contributed by atoms with E-state index in [9.17, 15) is 0 Å². The quantitative estimate of drug-likeness (QED) is 0.730. The van der Waals surface area contributed by atoms with Crippen molar-refractivity contribution < 1.29 is 0 Å². The number of hydrogen-bond acceptors (Lipinski definition) is 1. The molecule has 0 aromatic heterocycles. The first kappa shape index (κ1) is 15.1. The molecule has 1 atom stereocenters. The van der Waals surface area contributed by atoms with Crippen molar-refractivity contribution in [3.05, 3.63) is 70.7 Å². The molecule has 0 bridgehead atoms. The number of hydrogen-bond donors (Lipinski definition) is 1. The van der Waals surface area contributed by atoms with E-state index in [2.05, 4.69) is 54.7 Å². The van der Waals surface area contributed by atoms with Crippen LogP contribution in [0.25, 0.3) is 0 Å². The molecule has 0 saturated heterocycles. The Bertz CT molecular complexity index is 510. The van der Waals surface area contributed by atoms with Crippen molar-refractivity contribution in [2.75, 3.05) is 13.1 Å². The molecule has 0 radical (unpaired) electrons. The Morgan fingerprint density at radius 3 is 2.40 bits per heavy atom. The Labute approximate surface area is 127 Å². The highest BCUT2D eigenvalue weighted by molar-refractivity contribution is 6.31. The maximum absolute atomic E-state index is 6.37. The molecule has 2 rings (SSSR count). The lowest BCUT2D eigenvalue weighted by Crippen LogP contribution is -2.24. The van der Waals surface area contributed by atoms with Gasteiger partial charge in [-0.3, -0.25) is 0 Å². The maximum Gasteiger partial charge on any atom is 0.0441 e. The first-order chi connectivity index (χ1) is 9.81. The SMILES string of the molecule is CCCNCC(Cc1ccccc1)c1ccccc1Cl. The molecule has 0 amide bonds. The van der Waals surface area contributed by atoms with Gasteiger partial charge >= 0.3 is 0 Å². The van der Waals surface area contributed by atoms with Crippen LogP contribution in [0.15, 0.2) is 54.6 Å². The van der Waals surface area contributed by atoms with Crippen LogP contribution in [0.1, 0.15) is 30.4 Å². The first-order valence-electron chi connectivity index (χ1n) is 7.30. The van der Waals surface area contributed by atoms with Crippen molar-refractivity contribution in [3.8, 4) is 0 Å². The van der Waals surface area contributed by atoms with Gasteiger partial charge in [0.2, 0.25) is 0 Å². The summed E-state index contributed by atoms with van der Waals surface area (Å²) in [5, 5.41) is 4.39. The second-order valence-electron chi connectivity index (χ2n) is 5.11. The molecule has 1 nitrogen and oxygen atoms in total. The molecule has 2 aromatic carbocycles. The molecule has 0 spiro atoms. The summed E-state index contributed by atoms with van der Waals surface area (Å²) in [7, 11) is 0. The van der Waals surface area contributed by atoms with Gasteiger partial charge in [-0.2, -0.15) is 0 Å². The van der Waals surface area contributed by atoms with Crippen LogP contribution in [0.4, 0.5) is 0 Å². The van der Waals surface area contributed by atoms with E-state index in [4.69, 9.17) is 11.6 Å². The third-order valence-corrected chi connectivity index (χ3v) is 3.83. The molecule has 106 valence electrons. The van der Waals surface area contributed by atoms with Gasteiger partial charge in [-0.15, -0.1) is 0 Å². The monoisotopic (exact) mass is 287 g/mol. The van der Waals surface area contributed by atoms with Gasteiger partial charge in [-0.25, -0.2) is 0 Å². The fourth-order valence-electron chi connectivity index (χ4n) is 2.45. The normalized spacial score (nSPS) is 12.3. The number of benzene rings is 2. The molecular weight excluding hydrogens is 266 g/mol. The zero-order valence-corrected chi connectivity index (χ0v) is 12.7. The van der Waals surface area contributed by atoms with Crippen molar-refractivity contribution in [3.63, 3.8) is 0 Å². The number of nitrogens with one attached hydrogen (secondary N) is 1. The van der Waals surface area contributed by atoms with E-state index in [1.165, 1.54) is 11.1 Å². The molecule has 2 heteroatoms. The predicted molar refractivity (Wildman–Crippen MR) is 87.5 cm³/mol. The molecule has 0 heterocycles. The summed E-state index contributed by atoms with van der Waals surface area (Å²) >= 11 is 6.37. The minimum absolute atomic E-state index is 0.414. The van der Waals surface area contributed by atoms with Gasteiger partial charge in [-0.1, -0.05) is 67.1 Å². The summed E-state index contributed by atoms with van der Waals surface area (Å²) in [6.45, 7) is 4.21. The topological polar surface area (TPSA) is 12.0 Å². The summed E-state index contributed by atoms with van der Waals surface area (Å²) in [4.78, 5) is 0. The van der Waals surface area contributed by atoms with Gasteiger partial charge in [0.1, 0.15) is 0 Å². The van der Waals surface area contributed by atoms with Gasteiger partial charge in [-0.05, 0) is 36.6 Å². The van der Waals surface area contributed by atoms with E-state index in [1.807, 2.05) is 12.1 Å². The zero-order chi connectivity index (χ0) is 14.2. The molecule has 2 aromatic rings. The third kappa shape index (κ3) is 4.36. The van der Waals surface area contributed by atoms with Crippen molar-refractivity contribution in [2.24, 2.45) is 0 Å². The Morgan fingerprint density at radius 2 is 1.70 bits per heavy atom. The first-order valence-corrected chi connectivity index (χ1v) is 7.68.